The van der Waals surface area contributed by atoms with Crippen LogP contribution in [0.4, 0.5) is 16.2 Å². The van der Waals surface area contributed by atoms with Gasteiger partial charge in [-0.25, -0.2) is 31.9 Å². The number of primary sulfonamides is 2. The van der Waals surface area contributed by atoms with Gasteiger partial charge in [-0.3, -0.25) is 0 Å². The Morgan fingerprint density at radius 2 is 1.46 bits per heavy atom. The molecule has 24 heavy (non-hydrogen) atoms. The Hall–Kier alpha value is -2.47. The minimum Gasteiger partial charge on any atom is -0.308 e. The molecule has 2 amide bonds. The van der Waals surface area contributed by atoms with E-state index in [4.69, 9.17) is 10.3 Å². The molecule has 0 saturated heterocycles. The summed E-state index contributed by atoms with van der Waals surface area (Å²) in [6, 6.07) is 10.6. The maximum Gasteiger partial charge on any atom is 0.323 e. The molecule has 0 aliphatic rings. The highest BCUT2D eigenvalue weighted by molar-refractivity contribution is 7.90. The number of hydrogen-bond acceptors (Lipinski definition) is 5. The highest BCUT2D eigenvalue weighted by Gasteiger charge is 2.20. The summed E-state index contributed by atoms with van der Waals surface area (Å²) in [6.07, 6.45) is 0. The SMILES string of the molecule is NS(=O)(=O)c1ccc(NC(=O)Nc2ccccc2)c(S(N)(=O)=O)c1. The van der Waals surface area contributed by atoms with E-state index in [0.717, 1.165) is 18.2 Å². The lowest BCUT2D eigenvalue weighted by Gasteiger charge is -2.12. The number of carbonyl (C=O) groups excluding carboxylic acids is 1. The summed E-state index contributed by atoms with van der Waals surface area (Å²) in [5.41, 5.74) is 0.298. The van der Waals surface area contributed by atoms with E-state index in [1.54, 1.807) is 30.3 Å². The molecule has 0 unspecified atom stereocenters. The topological polar surface area (TPSA) is 161 Å². The van der Waals surface area contributed by atoms with Crippen LogP contribution in [0.2, 0.25) is 0 Å². The monoisotopic (exact) mass is 370 g/mol. The fourth-order valence-electron chi connectivity index (χ4n) is 1.82. The molecule has 2 aromatic rings. The van der Waals surface area contributed by atoms with Crippen molar-refractivity contribution >= 4 is 37.5 Å². The summed E-state index contributed by atoms with van der Waals surface area (Å²) in [5, 5.41) is 14.8. The van der Waals surface area contributed by atoms with E-state index in [1.807, 2.05) is 0 Å². The molecule has 2 rings (SSSR count). The van der Waals surface area contributed by atoms with Crippen LogP contribution in [0.1, 0.15) is 0 Å². The van der Waals surface area contributed by atoms with Crippen LogP contribution in [0, 0.1) is 0 Å². The normalized spacial score (nSPS) is 11.8. The number of para-hydroxylation sites is 1. The van der Waals surface area contributed by atoms with Gasteiger partial charge in [0.25, 0.3) is 0 Å². The van der Waals surface area contributed by atoms with Crippen molar-refractivity contribution in [3.05, 3.63) is 48.5 Å². The van der Waals surface area contributed by atoms with Gasteiger partial charge in [0.05, 0.1) is 10.6 Å². The summed E-state index contributed by atoms with van der Waals surface area (Å²) in [6.45, 7) is 0. The molecular formula is C13H14N4O5S2. The molecule has 0 atom stereocenters. The van der Waals surface area contributed by atoms with Gasteiger partial charge in [0.1, 0.15) is 4.90 Å². The van der Waals surface area contributed by atoms with Gasteiger partial charge in [0.2, 0.25) is 20.0 Å². The fourth-order valence-corrected chi connectivity index (χ4v) is 3.16. The van der Waals surface area contributed by atoms with Crippen molar-refractivity contribution in [3.8, 4) is 0 Å². The first-order chi connectivity index (χ1) is 11.1. The molecule has 0 saturated carbocycles. The van der Waals surface area contributed by atoms with Crippen LogP contribution >= 0.6 is 0 Å². The highest BCUT2D eigenvalue weighted by atomic mass is 32.2. The molecule has 0 aliphatic heterocycles. The molecule has 2 aromatic carbocycles. The van der Waals surface area contributed by atoms with Gasteiger partial charge >= 0.3 is 6.03 Å². The number of carbonyl (C=O) groups is 1. The van der Waals surface area contributed by atoms with Crippen LogP contribution < -0.4 is 20.9 Å². The minimum atomic E-state index is -4.30. The van der Waals surface area contributed by atoms with Gasteiger partial charge in [-0.2, -0.15) is 0 Å². The van der Waals surface area contributed by atoms with E-state index in [-0.39, 0.29) is 5.69 Å². The molecule has 0 spiro atoms. The van der Waals surface area contributed by atoms with Gasteiger partial charge in [-0.15, -0.1) is 0 Å². The van der Waals surface area contributed by atoms with Crippen LogP contribution in [0.3, 0.4) is 0 Å². The average Bonchev–Trinajstić information content (AvgIpc) is 2.46. The van der Waals surface area contributed by atoms with Crippen LogP contribution in [0.5, 0.6) is 0 Å². The van der Waals surface area contributed by atoms with Crippen LogP contribution in [0.25, 0.3) is 0 Å². The quantitative estimate of drug-likeness (QED) is 0.619. The summed E-state index contributed by atoms with van der Waals surface area (Å²) in [7, 11) is -8.42. The number of hydrogen-bond donors (Lipinski definition) is 4. The smallest absolute Gasteiger partial charge is 0.308 e. The number of urea groups is 1. The Morgan fingerprint density at radius 3 is 2.00 bits per heavy atom. The molecule has 6 N–H and O–H groups in total. The number of anilines is 2. The van der Waals surface area contributed by atoms with Crippen LogP contribution in [-0.2, 0) is 20.0 Å². The zero-order valence-electron chi connectivity index (χ0n) is 12.1. The second-order valence-electron chi connectivity index (χ2n) is 4.69. The van der Waals surface area contributed by atoms with E-state index in [0.29, 0.717) is 5.69 Å². The standard InChI is InChI=1S/C13H14N4O5S2/c14-23(19,20)10-6-7-11(12(8-10)24(15,21)22)17-13(18)16-9-4-2-1-3-5-9/h1-8H,(H2,14,19,20)(H2,15,21,22)(H2,16,17,18). The zero-order valence-corrected chi connectivity index (χ0v) is 13.8. The lowest BCUT2D eigenvalue weighted by atomic mass is 10.3. The number of nitrogens with two attached hydrogens (primary N) is 2. The van der Waals surface area contributed by atoms with Crippen LogP contribution in [0.15, 0.2) is 58.3 Å². The van der Waals surface area contributed by atoms with Gasteiger partial charge in [0.15, 0.2) is 0 Å². The Bertz CT molecular complexity index is 973. The first-order valence-corrected chi connectivity index (χ1v) is 9.49. The van der Waals surface area contributed by atoms with Crippen molar-refractivity contribution in [2.75, 3.05) is 10.6 Å². The zero-order chi connectivity index (χ0) is 18.0. The molecule has 128 valence electrons. The second kappa shape index (κ2) is 6.57. The third-order valence-corrected chi connectivity index (χ3v) is 4.73. The molecule has 0 bridgehead atoms. The molecule has 11 heteroatoms. The third-order valence-electron chi connectivity index (χ3n) is 2.87. The number of amides is 2. The van der Waals surface area contributed by atoms with E-state index in [9.17, 15) is 21.6 Å². The van der Waals surface area contributed by atoms with Gasteiger partial charge in [-0.05, 0) is 30.3 Å². The lowest BCUT2D eigenvalue weighted by Crippen LogP contribution is -2.23. The summed E-state index contributed by atoms with van der Waals surface area (Å²) < 4.78 is 45.9. The van der Waals surface area contributed by atoms with E-state index in [1.165, 1.54) is 0 Å². The van der Waals surface area contributed by atoms with E-state index in [2.05, 4.69) is 10.6 Å². The lowest BCUT2D eigenvalue weighted by molar-refractivity contribution is 0.262. The number of sulfonamides is 2. The van der Waals surface area contributed by atoms with E-state index >= 15 is 0 Å². The summed E-state index contributed by atoms with van der Waals surface area (Å²) in [5.74, 6) is 0. The maximum atomic E-state index is 11.9. The molecule has 0 aliphatic carbocycles. The summed E-state index contributed by atoms with van der Waals surface area (Å²) in [4.78, 5) is 10.9. The highest BCUT2D eigenvalue weighted by Crippen LogP contribution is 2.23. The maximum absolute atomic E-state index is 11.9. The molecule has 0 radical (unpaired) electrons. The van der Waals surface area contributed by atoms with Crippen LogP contribution in [-0.4, -0.2) is 22.9 Å². The van der Waals surface area contributed by atoms with Crippen molar-refractivity contribution in [1.29, 1.82) is 0 Å². The Labute approximate surface area is 138 Å². The average molecular weight is 370 g/mol. The first kappa shape index (κ1) is 17.9. The number of nitrogens with one attached hydrogen (secondary N) is 2. The Morgan fingerprint density at radius 1 is 0.833 bits per heavy atom. The molecule has 0 fully saturated rings. The summed E-state index contributed by atoms with van der Waals surface area (Å²) >= 11 is 0. The number of rotatable bonds is 4. The fraction of sp³-hybridized carbons (Fsp3) is 0. The van der Waals surface area contributed by atoms with Crippen molar-refractivity contribution in [2.24, 2.45) is 10.3 Å². The third kappa shape index (κ3) is 4.52. The van der Waals surface area contributed by atoms with Crippen molar-refractivity contribution < 1.29 is 21.6 Å². The molecule has 0 heterocycles. The van der Waals surface area contributed by atoms with Crippen molar-refractivity contribution in [1.82, 2.24) is 0 Å². The van der Waals surface area contributed by atoms with Crippen molar-refractivity contribution in [2.45, 2.75) is 9.79 Å². The molecular weight excluding hydrogens is 356 g/mol. The predicted octanol–water partition coefficient (Wildman–Crippen LogP) is 0.625. The molecule has 9 nitrogen and oxygen atoms in total. The van der Waals surface area contributed by atoms with Crippen molar-refractivity contribution in [3.63, 3.8) is 0 Å². The predicted molar refractivity (Wildman–Crippen MR) is 88.3 cm³/mol. The van der Waals surface area contributed by atoms with Gasteiger partial charge in [-0.1, -0.05) is 18.2 Å². The largest absolute Gasteiger partial charge is 0.323 e. The van der Waals surface area contributed by atoms with Gasteiger partial charge < -0.3 is 10.6 Å². The minimum absolute atomic E-state index is 0.182. The van der Waals surface area contributed by atoms with Gasteiger partial charge in [0, 0.05) is 5.69 Å². The Kier molecular flexibility index (Phi) is 4.89. The second-order valence-corrected chi connectivity index (χ2v) is 7.78. The first-order valence-electron chi connectivity index (χ1n) is 6.40. The van der Waals surface area contributed by atoms with E-state index < -0.39 is 35.9 Å². The number of benzene rings is 2. The molecule has 0 aromatic heterocycles. The Balaban J connectivity index is 2.34.